The highest BCUT2D eigenvalue weighted by molar-refractivity contribution is 5.75. The van der Waals surface area contributed by atoms with Gasteiger partial charge in [-0.05, 0) is 6.92 Å². The molecule has 12 heteroatoms. The Bertz CT molecular complexity index is 802. The zero-order chi connectivity index (χ0) is 19.1. The van der Waals surface area contributed by atoms with Crippen LogP contribution in [0.15, 0.2) is 10.7 Å². The number of rotatable bonds is 3. The van der Waals surface area contributed by atoms with Crippen molar-refractivity contribution in [3.8, 4) is 0 Å². The molecular formula is C14H17F3N6O3. The number of nitrogens with zero attached hydrogens (tertiary/aromatic N) is 5. The van der Waals surface area contributed by atoms with E-state index in [4.69, 9.17) is 4.52 Å². The minimum Gasteiger partial charge on any atom is -0.391 e. The van der Waals surface area contributed by atoms with Crippen molar-refractivity contribution in [1.29, 1.82) is 0 Å². The van der Waals surface area contributed by atoms with Crippen LogP contribution in [0.5, 0.6) is 0 Å². The normalized spacial score (nSPS) is 20.6. The van der Waals surface area contributed by atoms with Crippen LogP contribution in [0.4, 0.5) is 18.0 Å². The van der Waals surface area contributed by atoms with Gasteiger partial charge in [-0.1, -0.05) is 5.16 Å². The lowest BCUT2D eigenvalue weighted by atomic mass is 10.2. The Balaban J connectivity index is 1.72. The molecule has 0 bridgehead atoms. The van der Waals surface area contributed by atoms with Gasteiger partial charge in [0.15, 0.2) is 11.5 Å². The van der Waals surface area contributed by atoms with Gasteiger partial charge in [-0.2, -0.15) is 23.3 Å². The molecule has 142 valence electrons. The molecule has 2 N–H and O–H groups in total. The maximum atomic E-state index is 13.0. The molecule has 3 rings (SSSR count). The number of hydrogen-bond donors (Lipinski definition) is 2. The number of halogens is 3. The SMILES string of the molecule is Cc1noc([C@H]2C[C@@H](O)CN2C(=O)NCc2cn(C)nc2C(F)(F)F)n1. The number of alkyl halides is 3. The maximum absolute atomic E-state index is 13.0. The van der Waals surface area contributed by atoms with Crippen molar-refractivity contribution < 1.29 is 27.6 Å². The van der Waals surface area contributed by atoms with Gasteiger partial charge in [0.25, 0.3) is 0 Å². The fourth-order valence-corrected chi connectivity index (χ4v) is 2.90. The number of likely N-dealkylation sites (tertiary alicyclic amines) is 1. The summed E-state index contributed by atoms with van der Waals surface area (Å²) in [5.41, 5.74) is -1.20. The first-order valence-corrected chi connectivity index (χ1v) is 7.77. The summed E-state index contributed by atoms with van der Waals surface area (Å²) >= 11 is 0. The third-order valence-electron chi connectivity index (χ3n) is 3.97. The maximum Gasteiger partial charge on any atom is 0.435 e. The van der Waals surface area contributed by atoms with Crippen LogP contribution in [0.3, 0.4) is 0 Å². The van der Waals surface area contributed by atoms with Crippen LogP contribution < -0.4 is 5.32 Å². The number of amides is 2. The van der Waals surface area contributed by atoms with Gasteiger partial charge >= 0.3 is 12.2 Å². The van der Waals surface area contributed by atoms with Gasteiger partial charge in [0.1, 0.15) is 6.04 Å². The van der Waals surface area contributed by atoms with Crippen molar-refractivity contribution in [3.05, 3.63) is 29.2 Å². The standard InChI is InChI=1S/C14H17F3N6O3/c1-7-19-12(26-21-7)10-3-9(24)6-23(10)13(25)18-4-8-5-22(2)20-11(8)14(15,16)17/h5,9-10,24H,3-4,6H2,1-2H3,(H,18,25)/t9-,10-/m1/s1. The van der Waals surface area contributed by atoms with E-state index in [0.29, 0.717) is 5.82 Å². The Kier molecular flexibility index (Phi) is 4.61. The lowest BCUT2D eigenvalue weighted by molar-refractivity contribution is -0.142. The van der Waals surface area contributed by atoms with Gasteiger partial charge in [0, 0.05) is 38.3 Å². The molecule has 26 heavy (non-hydrogen) atoms. The quantitative estimate of drug-likeness (QED) is 0.834. The Morgan fingerprint density at radius 3 is 2.85 bits per heavy atom. The molecule has 0 aromatic carbocycles. The smallest absolute Gasteiger partial charge is 0.391 e. The lowest BCUT2D eigenvalue weighted by Gasteiger charge is -2.22. The van der Waals surface area contributed by atoms with Crippen LogP contribution in [0.2, 0.25) is 0 Å². The average Bonchev–Trinajstić information content (AvgIpc) is 3.22. The van der Waals surface area contributed by atoms with E-state index in [1.165, 1.54) is 18.1 Å². The van der Waals surface area contributed by atoms with Gasteiger partial charge < -0.3 is 19.8 Å². The summed E-state index contributed by atoms with van der Waals surface area (Å²) in [6.45, 7) is 1.27. The molecule has 0 saturated carbocycles. The number of urea groups is 1. The second-order valence-corrected chi connectivity index (χ2v) is 6.07. The molecule has 1 aliphatic rings. The molecule has 0 unspecified atom stereocenters. The Morgan fingerprint density at radius 2 is 2.23 bits per heavy atom. The van der Waals surface area contributed by atoms with Crippen LogP contribution in [0.25, 0.3) is 0 Å². The van der Waals surface area contributed by atoms with E-state index in [1.807, 2.05) is 0 Å². The molecule has 2 aromatic rings. The molecule has 1 saturated heterocycles. The van der Waals surface area contributed by atoms with E-state index in [1.54, 1.807) is 6.92 Å². The Labute approximate surface area is 145 Å². The molecule has 3 heterocycles. The molecule has 2 atom stereocenters. The van der Waals surface area contributed by atoms with Gasteiger partial charge in [-0.15, -0.1) is 0 Å². The Morgan fingerprint density at radius 1 is 1.50 bits per heavy atom. The predicted molar refractivity (Wildman–Crippen MR) is 79.6 cm³/mol. The van der Waals surface area contributed by atoms with Crippen LogP contribution >= 0.6 is 0 Å². The monoisotopic (exact) mass is 374 g/mol. The van der Waals surface area contributed by atoms with E-state index in [9.17, 15) is 23.1 Å². The van der Waals surface area contributed by atoms with Crippen molar-refractivity contribution >= 4 is 6.03 Å². The molecular weight excluding hydrogens is 357 g/mol. The molecule has 2 aromatic heterocycles. The molecule has 0 aliphatic carbocycles. The highest BCUT2D eigenvalue weighted by atomic mass is 19.4. The first-order chi connectivity index (χ1) is 12.1. The van der Waals surface area contributed by atoms with E-state index < -0.39 is 30.0 Å². The second-order valence-electron chi connectivity index (χ2n) is 6.07. The molecule has 0 radical (unpaired) electrons. The molecule has 0 spiro atoms. The summed E-state index contributed by atoms with van der Waals surface area (Å²) in [4.78, 5) is 17.7. The molecule has 2 amide bonds. The van der Waals surface area contributed by atoms with Crippen molar-refractivity contribution in [2.75, 3.05) is 6.54 Å². The predicted octanol–water partition coefficient (Wildman–Crippen LogP) is 1.15. The average molecular weight is 374 g/mol. The molecule has 1 aliphatic heterocycles. The second kappa shape index (κ2) is 6.59. The number of aryl methyl sites for hydroxylation is 2. The van der Waals surface area contributed by atoms with Crippen LogP contribution in [0.1, 0.15) is 35.4 Å². The lowest BCUT2D eigenvalue weighted by Crippen LogP contribution is -2.40. The summed E-state index contributed by atoms with van der Waals surface area (Å²) in [7, 11) is 1.37. The van der Waals surface area contributed by atoms with Crippen LogP contribution in [0, 0.1) is 6.92 Å². The summed E-state index contributed by atoms with van der Waals surface area (Å²) in [5, 5.41) is 19.3. The minimum atomic E-state index is -4.62. The minimum absolute atomic E-state index is 0.0110. The summed E-state index contributed by atoms with van der Waals surface area (Å²) in [5.74, 6) is 0.554. The van der Waals surface area contributed by atoms with Crippen LogP contribution in [-0.2, 0) is 19.8 Å². The number of aliphatic hydroxyl groups excluding tert-OH is 1. The van der Waals surface area contributed by atoms with E-state index >= 15 is 0 Å². The number of hydrogen-bond acceptors (Lipinski definition) is 6. The van der Waals surface area contributed by atoms with Gasteiger partial charge in [-0.3, -0.25) is 4.68 Å². The fraction of sp³-hybridized carbons (Fsp3) is 0.571. The Hall–Kier alpha value is -2.63. The number of β-amino-alcohol motifs (C(OH)–C–C–N with tert-alkyl or cyclic N) is 1. The number of carbonyl (C=O) groups is 1. The first kappa shape index (κ1) is 18.2. The topological polar surface area (TPSA) is 109 Å². The zero-order valence-corrected chi connectivity index (χ0v) is 14.0. The number of aliphatic hydroxyl groups is 1. The van der Waals surface area contributed by atoms with Gasteiger partial charge in [0.05, 0.1) is 6.10 Å². The van der Waals surface area contributed by atoms with Crippen molar-refractivity contribution in [2.24, 2.45) is 7.05 Å². The molecule has 9 nitrogen and oxygen atoms in total. The van der Waals surface area contributed by atoms with Gasteiger partial charge in [0.2, 0.25) is 5.89 Å². The largest absolute Gasteiger partial charge is 0.435 e. The van der Waals surface area contributed by atoms with Crippen LogP contribution in [-0.4, -0.2) is 48.6 Å². The summed E-state index contributed by atoms with van der Waals surface area (Å²) < 4.78 is 45.0. The summed E-state index contributed by atoms with van der Waals surface area (Å²) in [6.07, 6.45) is -4.01. The third kappa shape index (κ3) is 3.64. The summed E-state index contributed by atoms with van der Waals surface area (Å²) in [6, 6.07) is -1.28. The van der Waals surface area contributed by atoms with E-state index in [0.717, 1.165) is 4.68 Å². The number of nitrogens with one attached hydrogen (secondary N) is 1. The van der Waals surface area contributed by atoms with E-state index in [-0.39, 0.29) is 31.0 Å². The highest BCUT2D eigenvalue weighted by Crippen LogP contribution is 2.32. The zero-order valence-electron chi connectivity index (χ0n) is 14.0. The fourth-order valence-electron chi connectivity index (χ4n) is 2.90. The number of carbonyl (C=O) groups excluding carboxylic acids is 1. The highest BCUT2D eigenvalue weighted by Gasteiger charge is 2.40. The third-order valence-corrected chi connectivity index (χ3v) is 3.97. The van der Waals surface area contributed by atoms with Gasteiger partial charge in [-0.25, -0.2) is 4.79 Å². The molecule has 1 fully saturated rings. The van der Waals surface area contributed by atoms with E-state index in [2.05, 4.69) is 20.6 Å². The first-order valence-electron chi connectivity index (χ1n) is 7.77. The number of aromatic nitrogens is 4. The van der Waals surface area contributed by atoms with Crippen molar-refractivity contribution in [1.82, 2.24) is 30.1 Å². The van der Waals surface area contributed by atoms with Crippen molar-refractivity contribution in [3.63, 3.8) is 0 Å². The van der Waals surface area contributed by atoms with Crippen molar-refractivity contribution in [2.45, 2.75) is 38.2 Å².